The molecule has 3 unspecified atom stereocenters. The Morgan fingerprint density at radius 1 is 1.36 bits per heavy atom. The number of benzene rings is 1. The minimum atomic E-state index is -0.983. The average Bonchev–Trinajstić information content (AvgIpc) is 2.27. The van der Waals surface area contributed by atoms with Gasteiger partial charge in [-0.1, -0.05) is 25.1 Å². The van der Waals surface area contributed by atoms with Crippen molar-refractivity contribution in [3.05, 3.63) is 30.3 Å². The molecule has 0 saturated carbocycles. The van der Waals surface area contributed by atoms with Gasteiger partial charge in [-0.25, -0.2) is 0 Å². The van der Waals surface area contributed by atoms with Gasteiger partial charge >= 0.3 is 0 Å². The van der Waals surface area contributed by atoms with Gasteiger partial charge in [-0.3, -0.25) is 4.21 Å². The van der Waals surface area contributed by atoms with Crippen LogP contribution in [-0.4, -0.2) is 15.5 Å². The molecule has 0 bridgehead atoms. The highest BCUT2D eigenvalue weighted by atomic mass is 32.2. The zero-order valence-corrected chi connectivity index (χ0v) is 9.46. The number of hydrogen-bond donors (Lipinski definition) is 1. The summed E-state index contributed by atoms with van der Waals surface area (Å²) in [6.07, 6.45) is 0.861. The van der Waals surface area contributed by atoms with Crippen LogP contribution in [0.5, 0.6) is 0 Å². The van der Waals surface area contributed by atoms with Crippen LogP contribution < -0.4 is 5.73 Å². The summed E-state index contributed by atoms with van der Waals surface area (Å²) in [5.41, 5.74) is 5.86. The van der Waals surface area contributed by atoms with E-state index < -0.39 is 10.8 Å². The Morgan fingerprint density at radius 2 is 1.93 bits per heavy atom. The molecule has 0 amide bonds. The fourth-order valence-electron chi connectivity index (χ4n) is 1.26. The first-order chi connectivity index (χ1) is 6.66. The van der Waals surface area contributed by atoms with Crippen LogP contribution in [0.25, 0.3) is 0 Å². The number of rotatable bonds is 4. The van der Waals surface area contributed by atoms with Gasteiger partial charge in [0.2, 0.25) is 0 Å². The average molecular weight is 211 g/mol. The molecule has 0 aliphatic heterocycles. The normalized spacial score (nSPS) is 17.4. The maximum atomic E-state index is 12.0. The Hall–Kier alpha value is -0.670. The highest BCUT2D eigenvalue weighted by molar-refractivity contribution is 7.85. The van der Waals surface area contributed by atoms with Crippen LogP contribution in [0.1, 0.15) is 20.3 Å². The molecule has 78 valence electrons. The first kappa shape index (κ1) is 11.4. The molecular weight excluding hydrogens is 194 g/mol. The summed E-state index contributed by atoms with van der Waals surface area (Å²) in [6, 6.07) is 9.50. The summed E-state index contributed by atoms with van der Waals surface area (Å²) < 4.78 is 12.0. The lowest BCUT2D eigenvalue weighted by molar-refractivity contribution is 0.610. The Labute approximate surface area is 88.0 Å². The largest absolute Gasteiger partial charge is 0.327 e. The molecule has 1 rings (SSSR count). The quantitative estimate of drug-likeness (QED) is 0.827. The van der Waals surface area contributed by atoms with E-state index in [9.17, 15) is 4.21 Å². The van der Waals surface area contributed by atoms with E-state index in [4.69, 9.17) is 5.73 Å². The lowest BCUT2D eigenvalue weighted by Gasteiger charge is -2.17. The van der Waals surface area contributed by atoms with Crippen molar-refractivity contribution in [2.45, 2.75) is 36.5 Å². The second-order valence-corrected chi connectivity index (χ2v) is 5.20. The van der Waals surface area contributed by atoms with Gasteiger partial charge in [0.15, 0.2) is 0 Å². The van der Waals surface area contributed by atoms with E-state index in [1.807, 2.05) is 44.2 Å². The van der Waals surface area contributed by atoms with Gasteiger partial charge in [-0.15, -0.1) is 0 Å². The van der Waals surface area contributed by atoms with E-state index in [-0.39, 0.29) is 11.3 Å². The van der Waals surface area contributed by atoms with Crippen molar-refractivity contribution in [1.82, 2.24) is 0 Å². The van der Waals surface area contributed by atoms with Gasteiger partial charge < -0.3 is 5.73 Å². The lowest BCUT2D eigenvalue weighted by Crippen LogP contribution is -2.34. The Morgan fingerprint density at radius 3 is 2.43 bits per heavy atom. The zero-order valence-electron chi connectivity index (χ0n) is 8.64. The third-order valence-electron chi connectivity index (χ3n) is 2.39. The third-order valence-corrected chi connectivity index (χ3v) is 4.15. The monoisotopic (exact) mass is 211 g/mol. The highest BCUT2D eigenvalue weighted by Crippen LogP contribution is 2.13. The van der Waals surface area contributed by atoms with Crippen LogP contribution >= 0.6 is 0 Å². The second-order valence-electron chi connectivity index (χ2n) is 3.39. The zero-order chi connectivity index (χ0) is 10.6. The van der Waals surface area contributed by atoms with Crippen molar-refractivity contribution in [3.8, 4) is 0 Å². The third kappa shape index (κ3) is 2.66. The summed E-state index contributed by atoms with van der Waals surface area (Å²) in [6.45, 7) is 3.96. The molecule has 0 spiro atoms. The first-order valence-electron chi connectivity index (χ1n) is 4.88. The molecule has 3 atom stereocenters. The summed E-state index contributed by atoms with van der Waals surface area (Å²) in [7, 11) is -0.983. The lowest BCUT2D eigenvalue weighted by atomic mass is 10.2. The van der Waals surface area contributed by atoms with Gasteiger partial charge in [-0.2, -0.15) is 0 Å². The van der Waals surface area contributed by atoms with Crippen molar-refractivity contribution in [3.63, 3.8) is 0 Å². The maximum Gasteiger partial charge on any atom is 0.0573 e. The van der Waals surface area contributed by atoms with Gasteiger partial charge in [0, 0.05) is 10.9 Å². The molecule has 0 aliphatic carbocycles. The Balaban J connectivity index is 2.76. The molecular formula is C11H17NOS. The Kier molecular flexibility index (Phi) is 4.29. The van der Waals surface area contributed by atoms with Crippen molar-refractivity contribution in [1.29, 1.82) is 0 Å². The summed E-state index contributed by atoms with van der Waals surface area (Å²) in [4.78, 5) is 0.865. The van der Waals surface area contributed by atoms with E-state index in [0.717, 1.165) is 11.3 Å². The molecule has 0 radical (unpaired) electrons. The minimum Gasteiger partial charge on any atom is -0.327 e. The number of hydrogen-bond acceptors (Lipinski definition) is 2. The molecule has 2 nitrogen and oxygen atoms in total. The predicted octanol–water partition coefficient (Wildman–Crippen LogP) is 1.92. The fraction of sp³-hybridized carbons (Fsp3) is 0.455. The standard InChI is InChI=1S/C11H17NOS/c1-3-11(12)9(2)14(13)10-7-5-4-6-8-10/h4-9,11H,3,12H2,1-2H3. The molecule has 3 heteroatoms. The summed E-state index contributed by atoms with van der Waals surface area (Å²) in [5, 5.41) is 0.0161. The van der Waals surface area contributed by atoms with Crippen molar-refractivity contribution < 1.29 is 4.21 Å². The Bertz CT molecular complexity index is 299. The van der Waals surface area contributed by atoms with Crippen LogP contribution in [-0.2, 0) is 10.8 Å². The summed E-state index contributed by atoms with van der Waals surface area (Å²) in [5.74, 6) is 0. The van der Waals surface area contributed by atoms with Crippen LogP contribution in [0.3, 0.4) is 0 Å². The van der Waals surface area contributed by atoms with E-state index in [1.165, 1.54) is 0 Å². The van der Waals surface area contributed by atoms with Gasteiger partial charge in [0.05, 0.1) is 16.0 Å². The van der Waals surface area contributed by atoms with Crippen molar-refractivity contribution in [2.75, 3.05) is 0 Å². The highest BCUT2D eigenvalue weighted by Gasteiger charge is 2.18. The maximum absolute atomic E-state index is 12.0. The molecule has 1 aromatic carbocycles. The summed E-state index contributed by atoms with van der Waals surface area (Å²) >= 11 is 0. The van der Waals surface area contributed by atoms with Gasteiger partial charge in [-0.05, 0) is 25.5 Å². The smallest absolute Gasteiger partial charge is 0.0573 e. The van der Waals surface area contributed by atoms with E-state index in [1.54, 1.807) is 0 Å². The molecule has 0 fully saturated rings. The van der Waals surface area contributed by atoms with E-state index in [0.29, 0.717) is 0 Å². The van der Waals surface area contributed by atoms with Crippen LogP contribution in [0, 0.1) is 0 Å². The van der Waals surface area contributed by atoms with Crippen LogP contribution in [0.15, 0.2) is 35.2 Å². The molecule has 1 aromatic rings. The minimum absolute atomic E-state index is 0.0102. The fourth-order valence-corrected chi connectivity index (χ4v) is 2.62. The molecule has 0 saturated heterocycles. The van der Waals surface area contributed by atoms with Gasteiger partial charge in [0.1, 0.15) is 0 Å². The van der Waals surface area contributed by atoms with Crippen molar-refractivity contribution >= 4 is 10.8 Å². The first-order valence-corrected chi connectivity index (χ1v) is 6.09. The van der Waals surface area contributed by atoms with Crippen LogP contribution in [0.4, 0.5) is 0 Å². The molecule has 0 aromatic heterocycles. The molecule has 0 aliphatic rings. The van der Waals surface area contributed by atoms with Gasteiger partial charge in [0.25, 0.3) is 0 Å². The molecule has 2 N–H and O–H groups in total. The second kappa shape index (κ2) is 5.27. The molecule has 0 heterocycles. The van der Waals surface area contributed by atoms with E-state index in [2.05, 4.69) is 0 Å². The van der Waals surface area contributed by atoms with Crippen molar-refractivity contribution in [2.24, 2.45) is 5.73 Å². The topological polar surface area (TPSA) is 43.1 Å². The van der Waals surface area contributed by atoms with Crippen LogP contribution in [0.2, 0.25) is 0 Å². The molecule has 14 heavy (non-hydrogen) atoms. The number of nitrogens with two attached hydrogens (primary N) is 1. The predicted molar refractivity (Wildman–Crippen MR) is 60.6 cm³/mol. The SMILES string of the molecule is CCC(N)C(C)S(=O)c1ccccc1. The van der Waals surface area contributed by atoms with E-state index >= 15 is 0 Å².